The van der Waals surface area contributed by atoms with E-state index in [9.17, 15) is 18.0 Å². The lowest BCUT2D eigenvalue weighted by molar-refractivity contribution is -0.137. The van der Waals surface area contributed by atoms with Crippen molar-refractivity contribution in [2.75, 3.05) is 10.6 Å². The van der Waals surface area contributed by atoms with E-state index in [1.54, 1.807) is 12.1 Å². The third-order valence-electron chi connectivity index (χ3n) is 5.09. The van der Waals surface area contributed by atoms with Gasteiger partial charge in [-0.3, -0.25) is 9.78 Å². The van der Waals surface area contributed by atoms with Gasteiger partial charge >= 0.3 is 6.18 Å². The van der Waals surface area contributed by atoms with Crippen molar-refractivity contribution in [1.82, 2.24) is 24.5 Å². The smallest absolute Gasteiger partial charge is 0.324 e. The van der Waals surface area contributed by atoms with Crippen molar-refractivity contribution in [3.05, 3.63) is 108 Å². The first-order valence-electron chi connectivity index (χ1n) is 16.0. The van der Waals surface area contributed by atoms with Gasteiger partial charge in [0.25, 0.3) is 5.91 Å². The summed E-state index contributed by atoms with van der Waals surface area (Å²) in [6, 6.07) is 2.07. The lowest BCUT2D eigenvalue weighted by atomic mass is 10.1. The number of amides is 1. The Hall–Kier alpha value is -5.06. The SMILES string of the molecule is [2H]c1nc(Nc2cc(C(=O)Nc3c([2H])c(-n4c([2H])nc(C)c4[2H])c([2H])c(C(F)(F)F)c3[2H])ccc2C([2H])([2H])[2H])nc(-c2cccnc2)c1[2H]. The average Bonchev–Trinajstić information content (AvgIpc) is 3.26. The molecule has 0 unspecified atom stereocenters. The summed E-state index contributed by atoms with van der Waals surface area (Å²) in [4.78, 5) is 29.2. The number of aromatic nitrogens is 5. The molecule has 2 N–H and O–H groups in total. The van der Waals surface area contributed by atoms with Gasteiger partial charge in [-0.15, -0.1) is 0 Å². The van der Waals surface area contributed by atoms with Gasteiger partial charge in [-0.1, -0.05) is 6.07 Å². The molecule has 0 radical (unpaired) electrons. The van der Waals surface area contributed by atoms with E-state index in [-0.39, 0.29) is 40.2 Å². The summed E-state index contributed by atoms with van der Waals surface area (Å²) in [5.41, 5.74) is -4.49. The first-order valence-corrected chi connectivity index (χ1v) is 11.0. The summed E-state index contributed by atoms with van der Waals surface area (Å²) in [5, 5.41) is 4.71. The molecule has 0 fully saturated rings. The Morgan fingerprint density at radius 3 is 2.74 bits per heavy atom. The van der Waals surface area contributed by atoms with Crippen molar-refractivity contribution in [3.8, 4) is 16.9 Å². The fourth-order valence-corrected chi connectivity index (χ4v) is 3.30. The fraction of sp³-hybridized carbons (Fsp3) is 0.107. The second kappa shape index (κ2) is 10.4. The molecule has 1 amide bonds. The number of aryl methyl sites for hydroxylation is 2. The first kappa shape index (κ1) is 16.0. The molecule has 0 bridgehead atoms. The number of nitrogens with zero attached hydrogens (tertiary/aromatic N) is 5. The third kappa shape index (κ3) is 5.93. The van der Waals surface area contributed by atoms with Crippen LogP contribution in [-0.4, -0.2) is 30.4 Å². The minimum atomic E-state index is -5.32. The second-order valence-electron chi connectivity index (χ2n) is 7.93. The van der Waals surface area contributed by atoms with Crippen LogP contribution in [0.25, 0.3) is 16.9 Å². The van der Waals surface area contributed by atoms with Gasteiger partial charge < -0.3 is 15.2 Å². The van der Waals surface area contributed by atoms with Crippen LogP contribution in [0, 0.1) is 13.8 Å². The van der Waals surface area contributed by atoms with E-state index in [0.717, 1.165) is 18.2 Å². The molecule has 0 atom stereocenters. The van der Waals surface area contributed by atoms with E-state index >= 15 is 0 Å². The number of benzene rings is 2. The second-order valence-corrected chi connectivity index (χ2v) is 7.93. The number of carbonyl (C=O) groups excluding carboxylic acids is 1. The number of carbonyl (C=O) groups is 1. The molecule has 3 heterocycles. The Morgan fingerprint density at radius 1 is 1.15 bits per heavy atom. The number of alkyl halides is 3. The van der Waals surface area contributed by atoms with E-state index in [2.05, 4.69) is 30.6 Å². The molecule has 8 nitrogen and oxygen atoms in total. The molecule has 0 saturated heterocycles. The van der Waals surface area contributed by atoms with Gasteiger partial charge in [0.2, 0.25) is 5.95 Å². The maximum atomic E-state index is 14.2. The standard InChI is InChI=1S/C28H22F3N7O/c1-17-5-6-19(10-25(17)37-27-33-9-7-24(36-27)20-4-3-8-32-14-20)26(39)35-22-11-21(28(29,30)31)12-23(13-22)38-15-18(2)34-16-38/h3-16H,1-2H3,(H,35,39)(H,33,36,37)/i1D3,7D,9D,11D,12D,13D,15D,16D. The number of anilines is 3. The number of imidazole rings is 1. The summed E-state index contributed by atoms with van der Waals surface area (Å²) >= 11 is 0. The van der Waals surface area contributed by atoms with Gasteiger partial charge in [0.1, 0.15) is 1.37 Å². The number of pyridine rings is 1. The van der Waals surface area contributed by atoms with Crippen LogP contribution in [0.4, 0.5) is 30.5 Å². The van der Waals surface area contributed by atoms with Crippen LogP contribution < -0.4 is 10.6 Å². The molecule has 0 spiro atoms. The molecule has 196 valence electrons. The van der Waals surface area contributed by atoms with E-state index < -0.39 is 72.7 Å². The molecular formula is C28H22F3N7O. The molecule has 0 saturated carbocycles. The van der Waals surface area contributed by atoms with Crippen molar-refractivity contribution in [3.63, 3.8) is 0 Å². The van der Waals surface area contributed by atoms with Crippen LogP contribution in [0.1, 0.15) is 40.9 Å². The maximum Gasteiger partial charge on any atom is 0.416 e. The number of halogens is 3. The van der Waals surface area contributed by atoms with E-state index in [0.29, 0.717) is 10.1 Å². The maximum absolute atomic E-state index is 14.2. The van der Waals surface area contributed by atoms with Crippen LogP contribution in [-0.2, 0) is 6.18 Å². The van der Waals surface area contributed by atoms with Gasteiger partial charge in [-0.25, -0.2) is 15.0 Å². The highest BCUT2D eigenvalue weighted by Gasteiger charge is 2.31. The highest BCUT2D eigenvalue weighted by Crippen LogP contribution is 2.33. The highest BCUT2D eigenvalue weighted by atomic mass is 19.4. The van der Waals surface area contributed by atoms with Crippen molar-refractivity contribution in [2.45, 2.75) is 20.0 Å². The number of hydrogen-bond donors (Lipinski definition) is 2. The van der Waals surface area contributed by atoms with Crippen LogP contribution in [0.2, 0.25) is 0 Å². The normalized spacial score (nSPS) is 15.3. The Balaban J connectivity index is 1.61. The van der Waals surface area contributed by atoms with Crippen molar-refractivity contribution < 1.29 is 31.7 Å². The topological polar surface area (TPSA) is 97.6 Å². The molecule has 5 aromatic rings. The molecule has 0 aliphatic carbocycles. The van der Waals surface area contributed by atoms with Gasteiger partial charge in [-0.2, -0.15) is 13.2 Å². The van der Waals surface area contributed by atoms with Crippen LogP contribution >= 0.6 is 0 Å². The van der Waals surface area contributed by atoms with E-state index in [1.165, 1.54) is 19.3 Å². The minimum absolute atomic E-state index is 0.0141. The predicted octanol–water partition coefficient (Wildman–Crippen LogP) is 6.36. The van der Waals surface area contributed by atoms with E-state index in [1.807, 2.05) is 0 Å². The highest BCUT2D eigenvalue weighted by molar-refractivity contribution is 6.05. The molecule has 2 aromatic carbocycles. The third-order valence-corrected chi connectivity index (χ3v) is 5.09. The summed E-state index contributed by atoms with van der Waals surface area (Å²) < 4.78 is 124. The lowest BCUT2D eigenvalue weighted by Crippen LogP contribution is -2.14. The van der Waals surface area contributed by atoms with Gasteiger partial charge in [0.15, 0.2) is 0 Å². The first-order chi connectivity index (χ1) is 22.8. The van der Waals surface area contributed by atoms with Crippen molar-refractivity contribution >= 4 is 23.2 Å². The summed E-state index contributed by atoms with van der Waals surface area (Å²) in [5.74, 6) is -1.53. The van der Waals surface area contributed by atoms with Crippen molar-refractivity contribution in [2.24, 2.45) is 0 Å². The van der Waals surface area contributed by atoms with Gasteiger partial charge in [-0.05, 0) is 67.8 Å². The Kier molecular flexibility index (Phi) is 4.26. The van der Waals surface area contributed by atoms with Crippen molar-refractivity contribution in [1.29, 1.82) is 0 Å². The summed E-state index contributed by atoms with van der Waals surface area (Å²) in [7, 11) is 0. The molecule has 39 heavy (non-hydrogen) atoms. The molecule has 5 rings (SSSR count). The molecule has 0 aliphatic heterocycles. The summed E-state index contributed by atoms with van der Waals surface area (Å²) in [6.07, 6.45) is -4.34. The molecule has 0 aliphatic rings. The Bertz CT molecular complexity index is 2120. The minimum Gasteiger partial charge on any atom is -0.324 e. The van der Waals surface area contributed by atoms with Crippen LogP contribution in [0.5, 0.6) is 0 Å². The monoisotopic (exact) mass is 539 g/mol. The summed E-state index contributed by atoms with van der Waals surface area (Å²) in [6.45, 7) is -1.49. The average molecular weight is 540 g/mol. The molecule has 11 heteroatoms. The number of hydrogen-bond acceptors (Lipinski definition) is 6. The zero-order chi connectivity index (χ0) is 36.2. The quantitative estimate of drug-likeness (QED) is 0.261. The molecular weight excluding hydrogens is 507 g/mol. The van der Waals surface area contributed by atoms with Gasteiger partial charge in [0, 0.05) is 57.0 Å². The molecule has 3 aromatic heterocycles. The number of nitrogens with one attached hydrogen (secondary N) is 2. The fourth-order valence-electron chi connectivity index (χ4n) is 3.30. The number of rotatable bonds is 6. The Morgan fingerprint density at radius 2 is 2.03 bits per heavy atom. The van der Waals surface area contributed by atoms with Crippen LogP contribution in [0.3, 0.4) is 0 Å². The van der Waals surface area contributed by atoms with E-state index in [4.69, 9.17) is 13.7 Å². The van der Waals surface area contributed by atoms with Crippen LogP contribution in [0.15, 0.2) is 85.5 Å². The zero-order valence-electron chi connectivity index (χ0n) is 29.8. The Labute approximate surface area is 235 Å². The van der Waals surface area contributed by atoms with Gasteiger partial charge in [0.05, 0.1) is 31.5 Å². The predicted molar refractivity (Wildman–Crippen MR) is 141 cm³/mol. The zero-order valence-corrected chi connectivity index (χ0v) is 19.8. The largest absolute Gasteiger partial charge is 0.416 e. The lowest BCUT2D eigenvalue weighted by Gasteiger charge is -2.14.